The van der Waals surface area contributed by atoms with Crippen molar-refractivity contribution in [2.24, 2.45) is 0 Å². The first-order chi connectivity index (χ1) is 20.7. The standard InChI is InChI=1S/C33H40N6O4/c1-8-39(9-2)28-13-11-23(21-35-28)31(26-17-24-16-22(20-34)10-12-27(24)36-32(26)43-7)33(40,14-15-38(3)4)25-18-29(41-5)37-30(19-25)42-6/h10-13,16-19,21,31,40H,8-9,14-15H2,1-7H3/t31-,33-/m1/s1. The van der Waals surface area contributed by atoms with Crippen molar-refractivity contribution in [3.8, 4) is 23.7 Å². The van der Waals surface area contributed by atoms with Gasteiger partial charge in [0.1, 0.15) is 11.4 Å². The topological polar surface area (TPSA) is 117 Å². The van der Waals surface area contributed by atoms with Crippen LogP contribution in [0.5, 0.6) is 17.6 Å². The molecule has 0 saturated heterocycles. The zero-order valence-electron chi connectivity index (χ0n) is 26.0. The van der Waals surface area contributed by atoms with Gasteiger partial charge in [0.25, 0.3) is 0 Å². The molecule has 0 radical (unpaired) electrons. The van der Waals surface area contributed by atoms with Crippen LogP contribution in [0.15, 0.2) is 54.7 Å². The molecule has 3 aromatic heterocycles. The second-order valence-electron chi connectivity index (χ2n) is 10.6. The summed E-state index contributed by atoms with van der Waals surface area (Å²) in [5.41, 5.74) is 1.64. The highest BCUT2D eigenvalue weighted by molar-refractivity contribution is 5.82. The van der Waals surface area contributed by atoms with Gasteiger partial charge >= 0.3 is 0 Å². The Morgan fingerprint density at radius 1 is 0.930 bits per heavy atom. The van der Waals surface area contributed by atoms with Crippen LogP contribution in [0.3, 0.4) is 0 Å². The number of ether oxygens (including phenoxy) is 3. The highest BCUT2D eigenvalue weighted by Crippen LogP contribution is 2.48. The molecule has 1 aromatic carbocycles. The Bertz CT molecular complexity index is 1560. The highest BCUT2D eigenvalue weighted by atomic mass is 16.5. The number of hydrogen-bond donors (Lipinski definition) is 1. The van der Waals surface area contributed by atoms with Gasteiger partial charge in [-0.25, -0.2) is 9.97 Å². The third kappa shape index (κ3) is 6.63. The van der Waals surface area contributed by atoms with E-state index in [9.17, 15) is 10.4 Å². The summed E-state index contributed by atoms with van der Waals surface area (Å²) in [5, 5.41) is 23.4. The lowest BCUT2D eigenvalue weighted by atomic mass is 9.72. The first kappa shape index (κ1) is 31.5. The molecular weight excluding hydrogens is 544 g/mol. The van der Waals surface area contributed by atoms with Crippen LogP contribution in [0.1, 0.15) is 48.4 Å². The van der Waals surface area contributed by atoms with Crippen molar-refractivity contribution in [2.45, 2.75) is 31.8 Å². The van der Waals surface area contributed by atoms with E-state index in [-0.39, 0.29) is 0 Å². The van der Waals surface area contributed by atoms with Crippen LogP contribution in [0.25, 0.3) is 10.9 Å². The summed E-state index contributed by atoms with van der Waals surface area (Å²) >= 11 is 0. The molecule has 10 nitrogen and oxygen atoms in total. The first-order valence-corrected chi connectivity index (χ1v) is 14.3. The van der Waals surface area contributed by atoms with E-state index in [0.717, 1.165) is 29.9 Å². The van der Waals surface area contributed by atoms with Crippen LogP contribution in [0.2, 0.25) is 0 Å². The predicted octanol–water partition coefficient (Wildman–Crippen LogP) is 4.74. The Labute approximate surface area is 253 Å². The van der Waals surface area contributed by atoms with Crippen LogP contribution < -0.4 is 19.1 Å². The van der Waals surface area contributed by atoms with Crippen molar-refractivity contribution in [2.75, 3.05) is 60.0 Å². The maximum absolute atomic E-state index is 13.1. The second-order valence-corrected chi connectivity index (χ2v) is 10.6. The lowest BCUT2D eigenvalue weighted by molar-refractivity contribution is 0.00323. The van der Waals surface area contributed by atoms with Gasteiger partial charge in [0.2, 0.25) is 17.6 Å². The van der Waals surface area contributed by atoms with Crippen LogP contribution >= 0.6 is 0 Å². The molecule has 0 aliphatic heterocycles. The van der Waals surface area contributed by atoms with Crippen molar-refractivity contribution < 1.29 is 19.3 Å². The number of fused-ring (bicyclic) bond motifs is 1. The zero-order valence-corrected chi connectivity index (χ0v) is 26.0. The zero-order chi connectivity index (χ0) is 31.1. The van der Waals surface area contributed by atoms with Gasteiger partial charge in [-0.05, 0) is 75.8 Å². The van der Waals surface area contributed by atoms with Gasteiger partial charge in [-0.3, -0.25) is 0 Å². The van der Waals surface area contributed by atoms with Crippen molar-refractivity contribution >= 4 is 16.7 Å². The summed E-state index contributed by atoms with van der Waals surface area (Å²) in [4.78, 5) is 18.2. The number of aliphatic hydroxyl groups is 1. The Balaban J connectivity index is 2.06. The summed E-state index contributed by atoms with van der Waals surface area (Å²) in [6.45, 7) is 6.38. The minimum Gasteiger partial charge on any atom is -0.481 e. The van der Waals surface area contributed by atoms with Crippen LogP contribution in [-0.4, -0.2) is 80.0 Å². The summed E-state index contributed by atoms with van der Waals surface area (Å²) < 4.78 is 16.9. The second kappa shape index (κ2) is 13.7. The molecule has 3 heterocycles. The molecule has 10 heteroatoms. The molecule has 43 heavy (non-hydrogen) atoms. The normalized spacial score (nSPS) is 13.3. The molecule has 1 N–H and O–H groups in total. The van der Waals surface area contributed by atoms with Crippen LogP contribution in [0.4, 0.5) is 5.82 Å². The van der Waals surface area contributed by atoms with E-state index < -0.39 is 11.5 Å². The predicted molar refractivity (Wildman–Crippen MR) is 167 cm³/mol. The van der Waals surface area contributed by atoms with Gasteiger partial charge in [0, 0.05) is 54.8 Å². The van der Waals surface area contributed by atoms with Crippen molar-refractivity contribution in [1.29, 1.82) is 5.26 Å². The van der Waals surface area contributed by atoms with E-state index in [1.54, 1.807) is 37.4 Å². The van der Waals surface area contributed by atoms with Gasteiger partial charge in [-0.1, -0.05) is 6.07 Å². The number of nitriles is 1. The average Bonchev–Trinajstić information content (AvgIpc) is 3.04. The molecule has 2 atom stereocenters. The molecule has 0 saturated carbocycles. The molecule has 0 unspecified atom stereocenters. The number of hydrogen-bond acceptors (Lipinski definition) is 10. The Kier molecular flexibility index (Phi) is 10.0. The molecule has 226 valence electrons. The molecular formula is C33H40N6O4. The smallest absolute Gasteiger partial charge is 0.217 e. The highest BCUT2D eigenvalue weighted by Gasteiger charge is 2.43. The van der Waals surface area contributed by atoms with Gasteiger partial charge in [0.05, 0.1) is 38.5 Å². The average molecular weight is 585 g/mol. The number of benzene rings is 1. The molecule has 0 aliphatic carbocycles. The fourth-order valence-electron chi connectivity index (χ4n) is 5.42. The third-order valence-corrected chi connectivity index (χ3v) is 7.75. The van der Waals surface area contributed by atoms with Crippen molar-refractivity contribution in [1.82, 2.24) is 19.9 Å². The van der Waals surface area contributed by atoms with Crippen molar-refractivity contribution in [3.63, 3.8) is 0 Å². The minimum absolute atomic E-state index is 0.314. The maximum Gasteiger partial charge on any atom is 0.217 e. The third-order valence-electron chi connectivity index (χ3n) is 7.75. The summed E-state index contributed by atoms with van der Waals surface area (Å²) in [6, 6.07) is 16.9. The summed E-state index contributed by atoms with van der Waals surface area (Å²) in [7, 11) is 8.55. The number of nitrogens with zero attached hydrogens (tertiary/aromatic N) is 6. The largest absolute Gasteiger partial charge is 0.481 e. The van der Waals surface area contributed by atoms with Crippen molar-refractivity contribution in [3.05, 3.63) is 77.0 Å². The molecule has 4 aromatic rings. The number of anilines is 1. The van der Waals surface area contributed by atoms with Crippen LogP contribution in [0, 0.1) is 11.3 Å². The van der Waals surface area contributed by atoms with Gasteiger partial charge in [-0.15, -0.1) is 0 Å². The molecule has 0 fully saturated rings. The van der Waals surface area contributed by atoms with E-state index in [0.29, 0.717) is 52.8 Å². The van der Waals surface area contributed by atoms with E-state index in [1.807, 2.05) is 43.4 Å². The Morgan fingerprint density at radius 3 is 2.16 bits per heavy atom. The summed E-state index contributed by atoms with van der Waals surface area (Å²) in [6.07, 6.45) is 2.14. The van der Waals surface area contributed by atoms with Crippen LogP contribution in [-0.2, 0) is 5.60 Å². The fraction of sp³-hybridized carbons (Fsp3) is 0.394. The van der Waals surface area contributed by atoms with Gasteiger partial charge < -0.3 is 29.1 Å². The van der Waals surface area contributed by atoms with E-state index in [4.69, 9.17) is 24.2 Å². The SMILES string of the molecule is CCN(CC)c1ccc([C@H](c2cc3cc(C#N)ccc3nc2OC)[C@@](O)(CCN(C)C)c2cc(OC)nc(OC)c2)cn1. The molecule has 0 spiro atoms. The molecule has 0 amide bonds. The Morgan fingerprint density at radius 2 is 1.63 bits per heavy atom. The summed E-state index contributed by atoms with van der Waals surface area (Å²) in [5.74, 6) is 1.15. The number of methoxy groups -OCH3 is 3. The lowest BCUT2D eigenvalue weighted by Gasteiger charge is -2.39. The first-order valence-electron chi connectivity index (χ1n) is 14.3. The minimum atomic E-state index is -1.53. The van der Waals surface area contributed by atoms with E-state index >= 15 is 0 Å². The molecule has 0 aliphatic rings. The van der Waals surface area contributed by atoms with E-state index in [2.05, 4.69) is 29.8 Å². The maximum atomic E-state index is 13.1. The monoisotopic (exact) mass is 584 g/mol. The number of rotatable bonds is 13. The van der Waals surface area contributed by atoms with Gasteiger partial charge in [-0.2, -0.15) is 10.2 Å². The fourth-order valence-corrected chi connectivity index (χ4v) is 5.42. The molecule has 4 rings (SSSR count). The van der Waals surface area contributed by atoms with E-state index in [1.165, 1.54) is 14.2 Å². The van der Waals surface area contributed by atoms with Gasteiger partial charge in [0.15, 0.2) is 0 Å². The number of aromatic nitrogens is 3. The Hall–Kier alpha value is -4.46. The quantitative estimate of drug-likeness (QED) is 0.236. The molecule has 0 bridgehead atoms. The number of pyridine rings is 3. The lowest BCUT2D eigenvalue weighted by Crippen LogP contribution is -2.38.